The van der Waals surface area contributed by atoms with Gasteiger partial charge in [0, 0.05) is 17.9 Å². The Morgan fingerprint density at radius 3 is 2.60 bits per heavy atom. The second-order valence-corrected chi connectivity index (χ2v) is 8.85. The number of fused-ring (bicyclic) bond motifs is 1. The highest BCUT2D eigenvalue weighted by Gasteiger charge is 2.10. The molecular formula is C23H28N2O3S2. The number of hydrogen-bond acceptors (Lipinski definition) is 5. The second-order valence-electron chi connectivity index (χ2n) is 6.86. The van der Waals surface area contributed by atoms with Crippen LogP contribution in [0.25, 0.3) is 10.2 Å². The monoisotopic (exact) mass is 444 g/mol. The Labute approximate surface area is 185 Å². The molecule has 3 rings (SSSR count). The molecule has 0 unspecified atom stereocenters. The number of thioether (sulfide) groups is 1. The fraction of sp³-hybridized carbons (Fsp3) is 0.391. The van der Waals surface area contributed by atoms with Crippen LogP contribution in [0.3, 0.4) is 0 Å². The molecule has 0 spiro atoms. The molecule has 0 aliphatic heterocycles. The molecule has 3 aromatic rings. The van der Waals surface area contributed by atoms with Gasteiger partial charge in [0.1, 0.15) is 11.5 Å². The molecule has 1 aromatic heterocycles. The van der Waals surface area contributed by atoms with Gasteiger partial charge in [0.05, 0.1) is 23.9 Å². The van der Waals surface area contributed by atoms with E-state index in [4.69, 9.17) is 9.47 Å². The van der Waals surface area contributed by atoms with Gasteiger partial charge in [-0.2, -0.15) is 16.8 Å². The highest BCUT2D eigenvalue weighted by atomic mass is 32.2. The fourth-order valence-electron chi connectivity index (χ4n) is 3.05. The summed E-state index contributed by atoms with van der Waals surface area (Å²) in [5.74, 6) is 2.28. The number of amides is 1. The molecule has 2 aromatic carbocycles. The van der Waals surface area contributed by atoms with Crippen LogP contribution in [0.4, 0.5) is 0 Å². The Balaban J connectivity index is 1.84. The summed E-state index contributed by atoms with van der Waals surface area (Å²) in [5.41, 5.74) is 1.62. The van der Waals surface area contributed by atoms with Crippen molar-refractivity contribution in [2.45, 2.75) is 32.7 Å². The van der Waals surface area contributed by atoms with E-state index in [0.29, 0.717) is 17.0 Å². The lowest BCUT2D eigenvalue weighted by molar-refractivity contribution is 0.0998. The first-order valence-corrected chi connectivity index (χ1v) is 12.4. The van der Waals surface area contributed by atoms with E-state index < -0.39 is 0 Å². The maximum Gasteiger partial charge on any atom is 0.279 e. The van der Waals surface area contributed by atoms with E-state index >= 15 is 0 Å². The standard InChI is InChI=1S/C23H28N2O3S2/c1-4-5-6-14-28-18-9-7-17(8-10-18)22(26)24-23-25(13-15-29-3)20-12-11-19(27-2)16-21(20)30-23/h7-12,16H,4-6,13-15H2,1-3H3. The van der Waals surface area contributed by atoms with Gasteiger partial charge in [0.25, 0.3) is 5.91 Å². The maximum atomic E-state index is 12.8. The first-order valence-electron chi connectivity index (χ1n) is 10.1. The van der Waals surface area contributed by atoms with Crippen molar-refractivity contribution in [1.82, 2.24) is 4.57 Å². The minimum Gasteiger partial charge on any atom is -0.497 e. The third-order valence-corrected chi connectivity index (χ3v) is 6.36. The number of methoxy groups -OCH3 is 1. The van der Waals surface area contributed by atoms with Crippen LogP contribution in [0.2, 0.25) is 0 Å². The predicted octanol–water partition coefficient (Wildman–Crippen LogP) is 5.38. The van der Waals surface area contributed by atoms with Crippen LogP contribution in [0.1, 0.15) is 36.5 Å². The van der Waals surface area contributed by atoms with Gasteiger partial charge in [-0.3, -0.25) is 4.79 Å². The predicted molar refractivity (Wildman–Crippen MR) is 126 cm³/mol. The Morgan fingerprint density at radius 2 is 1.90 bits per heavy atom. The zero-order valence-electron chi connectivity index (χ0n) is 17.7. The van der Waals surface area contributed by atoms with Crippen molar-refractivity contribution in [2.75, 3.05) is 25.7 Å². The molecule has 0 bridgehead atoms. The van der Waals surface area contributed by atoms with Crippen LogP contribution in [0.5, 0.6) is 11.5 Å². The summed E-state index contributed by atoms with van der Waals surface area (Å²) in [6.45, 7) is 3.66. The van der Waals surface area contributed by atoms with Crippen LogP contribution in [0, 0.1) is 0 Å². The largest absolute Gasteiger partial charge is 0.497 e. The summed E-state index contributed by atoms with van der Waals surface area (Å²) in [6, 6.07) is 13.2. The van der Waals surface area contributed by atoms with Gasteiger partial charge in [0.2, 0.25) is 0 Å². The molecule has 1 amide bonds. The molecule has 30 heavy (non-hydrogen) atoms. The lowest BCUT2D eigenvalue weighted by Gasteiger charge is -2.06. The summed E-state index contributed by atoms with van der Waals surface area (Å²) < 4.78 is 14.2. The van der Waals surface area contributed by atoms with Crippen LogP contribution >= 0.6 is 23.1 Å². The quantitative estimate of drug-likeness (QED) is 0.394. The fourth-order valence-corrected chi connectivity index (χ4v) is 4.50. The molecular weight excluding hydrogens is 416 g/mol. The van der Waals surface area contributed by atoms with Crippen LogP contribution in [-0.2, 0) is 6.54 Å². The number of carbonyl (C=O) groups is 1. The third-order valence-electron chi connectivity index (χ3n) is 4.72. The Kier molecular flexibility index (Phi) is 8.39. The average Bonchev–Trinajstić information content (AvgIpc) is 3.11. The third kappa shape index (κ3) is 5.67. The van der Waals surface area contributed by atoms with Crippen molar-refractivity contribution in [2.24, 2.45) is 4.99 Å². The first-order chi connectivity index (χ1) is 14.7. The van der Waals surface area contributed by atoms with Crippen LogP contribution < -0.4 is 14.3 Å². The number of aromatic nitrogens is 1. The van der Waals surface area contributed by atoms with Gasteiger partial charge in [0.15, 0.2) is 4.80 Å². The smallest absolute Gasteiger partial charge is 0.279 e. The van der Waals surface area contributed by atoms with Crippen molar-refractivity contribution in [3.63, 3.8) is 0 Å². The number of nitrogens with zero attached hydrogens (tertiary/aromatic N) is 2. The molecule has 0 radical (unpaired) electrons. The van der Waals surface area contributed by atoms with Crippen molar-refractivity contribution < 1.29 is 14.3 Å². The van der Waals surface area contributed by atoms with Gasteiger partial charge in [-0.05, 0) is 55.1 Å². The van der Waals surface area contributed by atoms with Crippen molar-refractivity contribution in [1.29, 1.82) is 0 Å². The summed E-state index contributed by atoms with van der Waals surface area (Å²) >= 11 is 3.28. The minimum atomic E-state index is -0.246. The molecule has 0 N–H and O–H groups in total. The molecule has 0 fully saturated rings. The van der Waals surface area contributed by atoms with E-state index in [1.807, 2.05) is 30.3 Å². The van der Waals surface area contributed by atoms with E-state index in [2.05, 4.69) is 22.7 Å². The van der Waals surface area contributed by atoms with Gasteiger partial charge in [-0.25, -0.2) is 0 Å². The minimum absolute atomic E-state index is 0.246. The maximum absolute atomic E-state index is 12.8. The highest BCUT2D eigenvalue weighted by molar-refractivity contribution is 7.98. The summed E-state index contributed by atoms with van der Waals surface area (Å²) in [5, 5.41) is 0. The van der Waals surface area contributed by atoms with Crippen LogP contribution in [0.15, 0.2) is 47.5 Å². The zero-order chi connectivity index (χ0) is 21.3. The lowest BCUT2D eigenvalue weighted by atomic mass is 10.2. The molecule has 0 aliphatic carbocycles. The number of benzene rings is 2. The Morgan fingerprint density at radius 1 is 1.13 bits per heavy atom. The van der Waals surface area contributed by atoms with E-state index in [1.54, 1.807) is 31.0 Å². The summed E-state index contributed by atoms with van der Waals surface area (Å²) in [7, 11) is 1.66. The molecule has 160 valence electrons. The topological polar surface area (TPSA) is 52.8 Å². The lowest BCUT2D eigenvalue weighted by Crippen LogP contribution is -2.18. The van der Waals surface area contributed by atoms with Crippen molar-refractivity contribution in [3.05, 3.63) is 52.8 Å². The highest BCUT2D eigenvalue weighted by Crippen LogP contribution is 2.23. The number of carbonyl (C=O) groups excluding carboxylic acids is 1. The first kappa shape index (κ1) is 22.4. The summed E-state index contributed by atoms with van der Waals surface area (Å²) in [6.07, 6.45) is 5.44. The molecule has 0 saturated heterocycles. The van der Waals surface area contributed by atoms with Gasteiger partial charge >= 0.3 is 0 Å². The van der Waals surface area contributed by atoms with Crippen molar-refractivity contribution >= 4 is 39.2 Å². The number of rotatable bonds is 10. The van der Waals surface area contributed by atoms with Gasteiger partial charge in [-0.15, -0.1) is 0 Å². The van der Waals surface area contributed by atoms with Gasteiger partial charge in [-0.1, -0.05) is 31.1 Å². The molecule has 5 nitrogen and oxygen atoms in total. The van der Waals surface area contributed by atoms with Gasteiger partial charge < -0.3 is 14.0 Å². The zero-order valence-corrected chi connectivity index (χ0v) is 19.4. The van der Waals surface area contributed by atoms with E-state index in [1.165, 1.54) is 17.8 Å². The number of hydrogen-bond donors (Lipinski definition) is 0. The Hall–Kier alpha value is -2.25. The number of ether oxygens (including phenoxy) is 2. The average molecular weight is 445 g/mol. The Bertz CT molecular complexity index is 1040. The number of unbranched alkanes of at least 4 members (excludes halogenated alkanes) is 2. The normalized spacial score (nSPS) is 11.8. The number of aryl methyl sites for hydroxylation is 1. The molecule has 0 aliphatic rings. The summed E-state index contributed by atoms with van der Waals surface area (Å²) in [4.78, 5) is 18.0. The van der Waals surface area contributed by atoms with Crippen molar-refractivity contribution in [3.8, 4) is 11.5 Å². The van der Waals surface area contributed by atoms with E-state index in [9.17, 15) is 4.79 Å². The second kappa shape index (κ2) is 11.2. The van der Waals surface area contributed by atoms with E-state index in [0.717, 1.165) is 46.9 Å². The molecule has 0 saturated carbocycles. The number of thiazole rings is 1. The molecule has 1 heterocycles. The van der Waals surface area contributed by atoms with Crippen LogP contribution in [-0.4, -0.2) is 36.2 Å². The SMILES string of the molecule is CCCCCOc1ccc(C(=O)N=c2sc3cc(OC)ccc3n2CCSC)cc1. The molecule has 0 atom stereocenters. The molecule has 7 heteroatoms. The van der Waals surface area contributed by atoms with E-state index in [-0.39, 0.29) is 5.91 Å².